The zero-order valence-corrected chi connectivity index (χ0v) is 12.9. The lowest BCUT2D eigenvalue weighted by atomic mass is 9.83. The van der Waals surface area contributed by atoms with Gasteiger partial charge in [0.15, 0.2) is 0 Å². The predicted octanol–water partition coefficient (Wildman–Crippen LogP) is 3.93. The molecule has 1 fully saturated rings. The number of ether oxygens (including phenoxy) is 2. The molecule has 0 aromatic heterocycles. The van der Waals surface area contributed by atoms with Crippen LogP contribution >= 0.6 is 0 Å². The highest BCUT2D eigenvalue weighted by Gasteiger charge is 2.36. The first-order valence-corrected chi connectivity index (χ1v) is 7.53. The largest absolute Gasteiger partial charge is 0.497 e. The number of Topliss-reactive ketones (excluding diaryl/α,β-unsaturated/α-hetero) is 1. The molecule has 3 rings (SSSR count). The van der Waals surface area contributed by atoms with Gasteiger partial charge in [0.05, 0.1) is 14.2 Å². The van der Waals surface area contributed by atoms with Gasteiger partial charge in [0, 0.05) is 12.3 Å². The fraction of sp³-hybridized carbons (Fsp3) is 0.316. The van der Waals surface area contributed by atoms with Gasteiger partial charge in [-0.1, -0.05) is 24.3 Å². The van der Waals surface area contributed by atoms with Crippen molar-refractivity contribution in [1.82, 2.24) is 0 Å². The third kappa shape index (κ3) is 2.71. The summed E-state index contributed by atoms with van der Waals surface area (Å²) in [7, 11) is 3.31. The van der Waals surface area contributed by atoms with Gasteiger partial charge >= 0.3 is 0 Å². The van der Waals surface area contributed by atoms with Crippen molar-refractivity contribution in [3.8, 4) is 11.5 Å². The van der Waals surface area contributed by atoms with Crippen molar-refractivity contribution < 1.29 is 14.3 Å². The Bertz CT molecular complexity index is 643. The summed E-state index contributed by atoms with van der Waals surface area (Å²) in [4.78, 5) is 12.4. The molecule has 3 nitrogen and oxygen atoms in total. The van der Waals surface area contributed by atoms with E-state index in [1.807, 2.05) is 36.4 Å². The van der Waals surface area contributed by atoms with Crippen LogP contribution in [0.3, 0.4) is 0 Å². The number of carbonyl (C=O) groups is 1. The number of methoxy groups -OCH3 is 2. The number of hydrogen-bond donors (Lipinski definition) is 0. The zero-order valence-electron chi connectivity index (χ0n) is 12.9. The molecule has 0 radical (unpaired) electrons. The minimum Gasteiger partial charge on any atom is -0.497 e. The summed E-state index contributed by atoms with van der Waals surface area (Å²) in [6.07, 6.45) is 1.55. The van der Waals surface area contributed by atoms with E-state index in [-0.39, 0.29) is 11.8 Å². The second-order valence-electron chi connectivity index (χ2n) is 5.64. The number of benzene rings is 2. The topological polar surface area (TPSA) is 35.5 Å². The second-order valence-corrected chi connectivity index (χ2v) is 5.64. The van der Waals surface area contributed by atoms with Crippen molar-refractivity contribution in [2.75, 3.05) is 14.2 Å². The monoisotopic (exact) mass is 296 g/mol. The van der Waals surface area contributed by atoms with E-state index in [0.717, 1.165) is 23.5 Å². The lowest BCUT2D eigenvalue weighted by Crippen LogP contribution is -2.11. The molecule has 0 N–H and O–H groups in total. The van der Waals surface area contributed by atoms with E-state index >= 15 is 0 Å². The summed E-state index contributed by atoms with van der Waals surface area (Å²) in [6.45, 7) is 0. The van der Waals surface area contributed by atoms with Gasteiger partial charge in [-0.2, -0.15) is 0 Å². The third-order valence-electron chi connectivity index (χ3n) is 4.47. The van der Waals surface area contributed by atoms with Crippen LogP contribution in [0.2, 0.25) is 0 Å². The minimum atomic E-state index is -0.0562. The minimum absolute atomic E-state index is 0.0562. The van der Waals surface area contributed by atoms with Crippen molar-refractivity contribution in [2.24, 2.45) is 0 Å². The van der Waals surface area contributed by atoms with Gasteiger partial charge in [-0.05, 0) is 47.7 Å². The molecule has 2 atom stereocenters. The Morgan fingerprint density at radius 3 is 1.82 bits per heavy atom. The molecule has 0 heterocycles. The van der Waals surface area contributed by atoms with E-state index in [2.05, 4.69) is 12.1 Å². The Labute approximate surface area is 130 Å². The van der Waals surface area contributed by atoms with Crippen LogP contribution in [0.5, 0.6) is 11.5 Å². The second kappa shape index (κ2) is 6.22. The van der Waals surface area contributed by atoms with Crippen LogP contribution in [-0.2, 0) is 4.79 Å². The first-order chi connectivity index (χ1) is 10.7. The number of rotatable bonds is 4. The van der Waals surface area contributed by atoms with E-state index < -0.39 is 0 Å². The lowest BCUT2D eigenvalue weighted by Gasteiger charge is -2.20. The molecular formula is C19H20O3. The van der Waals surface area contributed by atoms with Crippen molar-refractivity contribution in [3.63, 3.8) is 0 Å². The van der Waals surface area contributed by atoms with Crippen LogP contribution in [0.15, 0.2) is 48.5 Å². The van der Waals surface area contributed by atoms with Crippen molar-refractivity contribution >= 4 is 5.78 Å². The zero-order chi connectivity index (χ0) is 15.5. The fourth-order valence-corrected chi connectivity index (χ4v) is 3.28. The summed E-state index contributed by atoms with van der Waals surface area (Å²) in [6, 6.07) is 15.9. The molecule has 0 spiro atoms. The van der Waals surface area contributed by atoms with E-state index in [0.29, 0.717) is 12.2 Å². The van der Waals surface area contributed by atoms with Crippen LogP contribution in [0, 0.1) is 0 Å². The van der Waals surface area contributed by atoms with Crippen molar-refractivity contribution in [1.29, 1.82) is 0 Å². The van der Waals surface area contributed by atoms with Gasteiger partial charge in [0.1, 0.15) is 17.3 Å². The fourth-order valence-electron chi connectivity index (χ4n) is 3.28. The molecule has 1 saturated carbocycles. The molecule has 0 aliphatic heterocycles. The number of ketones is 1. The first kappa shape index (κ1) is 14.6. The van der Waals surface area contributed by atoms with Gasteiger partial charge in [0.2, 0.25) is 0 Å². The van der Waals surface area contributed by atoms with Gasteiger partial charge in [0.25, 0.3) is 0 Å². The average molecular weight is 296 g/mol. The van der Waals surface area contributed by atoms with Gasteiger partial charge in [-0.25, -0.2) is 0 Å². The number of carbonyl (C=O) groups excluding carboxylic acids is 1. The van der Waals surface area contributed by atoms with Gasteiger partial charge in [-0.15, -0.1) is 0 Å². The summed E-state index contributed by atoms with van der Waals surface area (Å²) in [5, 5.41) is 0. The lowest BCUT2D eigenvalue weighted by molar-refractivity contribution is -0.118. The summed E-state index contributed by atoms with van der Waals surface area (Å²) >= 11 is 0. The van der Waals surface area contributed by atoms with Crippen molar-refractivity contribution in [2.45, 2.75) is 24.7 Å². The molecule has 2 aromatic carbocycles. The van der Waals surface area contributed by atoms with Crippen LogP contribution in [-0.4, -0.2) is 20.0 Å². The molecule has 22 heavy (non-hydrogen) atoms. The molecule has 0 saturated heterocycles. The smallest absolute Gasteiger partial charge is 0.140 e. The van der Waals surface area contributed by atoms with E-state index in [1.54, 1.807) is 14.2 Å². The molecular weight excluding hydrogens is 276 g/mol. The maximum absolute atomic E-state index is 12.4. The van der Waals surface area contributed by atoms with E-state index in [9.17, 15) is 4.79 Å². The van der Waals surface area contributed by atoms with E-state index in [4.69, 9.17) is 9.47 Å². The Kier molecular flexibility index (Phi) is 4.14. The molecule has 114 valence electrons. The Hall–Kier alpha value is -2.29. The van der Waals surface area contributed by atoms with Crippen molar-refractivity contribution in [3.05, 3.63) is 59.7 Å². The van der Waals surface area contributed by atoms with Crippen LogP contribution < -0.4 is 9.47 Å². The van der Waals surface area contributed by atoms with Gasteiger partial charge in [-0.3, -0.25) is 4.79 Å². The van der Waals surface area contributed by atoms with Gasteiger partial charge < -0.3 is 9.47 Å². The normalized spacial score (nSPS) is 20.9. The molecule has 2 aromatic rings. The highest BCUT2D eigenvalue weighted by Crippen LogP contribution is 2.44. The highest BCUT2D eigenvalue weighted by atomic mass is 16.5. The first-order valence-electron chi connectivity index (χ1n) is 7.53. The maximum atomic E-state index is 12.4. The summed E-state index contributed by atoms with van der Waals surface area (Å²) in [5.74, 6) is 2.17. The number of hydrogen-bond acceptors (Lipinski definition) is 3. The molecule has 1 aliphatic rings. The molecule has 1 aliphatic carbocycles. The molecule has 0 amide bonds. The quantitative estimate of drug-likeness (QED) is 0.857. The molecule has 3 heteroatoms. The highest BCUT2D eigenvalue weighted by molar-refractivity contribution is 5.89. The van der Waals surface area contributed by atoms with E-state index in [1.165, 1.54) is 5.56 Å². The van der Waals surface area contributed by atoms with Crippen LogP contribution in [0.1, 0.15) is 35.8 Å². The van der Waals surface area contributed by atoms with Crippen LogP contribution in [0.25, 0.3) is 0 Å². The summed E-state index contributed by atoms with van der Waals surface area (Å²) < 4.78 is 10.4. The summed E-state index contributed by atoms with van der Waals surface area (Å²) in [5.41, 5.74) is 2.27. The SMILES string of the molecule is COc1ccc([C@@H]2CCC(=O)[C@H]2c2ccc(OC)cc2)cc1. The average Bonchev–Trinajstić information content (AvgIpc) is 2.96. The Morgan fingerprint density at radius 1 is 0.818 bits per heavy atom. The van der Waals surface area contributed by atoms with Crippen LogP contribution in [0.4, 0.5) is 0 Å². The third-order valence-corrected chi connectivity index (χ3v) is 4.47. The predicted molar refractivity (Wildman–Crippen MR) is 85.7 cm³/mol. The Morgan fingerprint density at radius 2 is 1.32 bits per heavy atom. The standard InChI is InChI=1S/C19H20O3/c1-21-15-7-3-13(4-8-15)17-11-12-18(20)19(17)14-5-9-16(22-2)10-6-14/h3-10,17,19H,11-12H2,1-2H3/t17-,19-/m0/s1. The maximum Gasteiger partial charge on any atom is 0.140 e. The Balaban J connectivity index is 1.90. The molecule has 0 unspecified atom stereocenters. The molecule has 0 bridgehead atoms.